The first-order valence-corrected chi connectivity index (χ1v) is 4.46. The van der Waals surface area contributed by atoms with Crippen LogP contribution in [0.25, 0.3) is 0 Å². The van der Waals surface area contributed by atoms with Crippen LogP contribution in [0.1, 0.15) is 19.4 Å². The van der Waals surface area contributed by atoms with Crippen LogP contribution in [0.3, 0.4) is 0 Å². The molecule has 0 radical (unpaired) electrons. The van der Waals surface area contributed by atoms with E-state index < -0.39 is 11.4 Å². The Hall–Kier alpha value is -1.22. The zero-order valence-electron chi connectivity index (χ0n) is 7.91. The van der Waals surface area contributed by atoms with Crippen molar-refractivity contribution >= 4 is 17.6 Å². The van der Waals surface area contributed by atoms with Gasteiger partial charge in [0, 0.05) is 10.6 Å². The van der Waals surface area contributed by atoms with Gasteiger partial charge >= 0.3 is 5.97 Å². The highest BCUT2D eigenvalue weighted by Crippen LogP contribution is 2.36. The van der Waals surface area contributed by atoms with Gasteiger partial charge in [0.25, 0.3) is 0 Å². The molecule has 14 heavy (non-hydrogen) atoms. The molecule has 0 aromatic heterocycles. The van der Waals surface area contributed by atoms with Crippen LogP contribution < -0.4 is 0 Å². The summed E-state index contributed by atoms with van der Waals surface area (Å²) in [6, 6.07) is 4.55. The fraction of sp³-hybridized carbons (Fsp3) is 0.300. The molecule has 0 amide bonds. The summed E-state index contributed by atoms with van der Waals surface area (Å²) in [4.78, 5) is 11.0. The Labute approximate surface area is 86.9 Å². The molecule has 0 unspecified atom stereocenters. The van der Waals surface area contributed by atoms with E-state index in [0.717, 1.165) is 0 Å². The maximum absolute atomic E-state index is 11.0. The number of rotatable bonds is 2. The van der Waals surface area contributed by atoms with Gasteiger partial charge in [-0.3, -0.25) is 4.79 Å². The van der Waals surface area contributed by atoms with Crippen molar-refractivity contribution in [3.8, 4) is 5.75 Å². The number of aliphatic carboxylic acids is 1. The van der Waals surface area contributed by atoms with Gasteiger partial charge in [0.05, 0.1) is 5.41 Å². The van der Waals surface area contributed by atoms with E-state index in [-0.39, 0.29) is 16.3 Å². The lowest BCUT2D eigenvalue weighted by Gasteiger charge is -2.21. The van der Waals surface area contributed by atoms with E-state index in [1.54, 1.807) is 12.1 Å². The first kappa shape index (κ1) is 10.9. The fourth-order valence-electron chi connectivity index (χ4n) is 1.24. The van der Waals surface area contributed by atoms with Crippen molar-refractivity contribution in [1.82, 2.24) is 0 Å². The lowest BCUT2D eigenvalue weighted by molar-refractivity contribution is -0.142. The highest BCUT2D eigenvalue weighted by molar-refractivity contribution is 6.32. The molecule has 0 heterocycles. The molecule has 4 heteroatoms. The number of phenolic OH excluding ortho intramolecular Hbond substituents is 1. The summed E-state index contributed by atoms with van der Waals surface area (Å²) in [7, 11) is 0. The monoisotopic (exact) mass is 214 g/mol. The Morgan fingerprint density at radius 3 is 2.43 bits per heavy atom. The molecule has 1 rings (SSSR count). The molecule has 0 aliphatic rings. The second-order valence-corrected chi connectivity index (χ2v) is 3.97. The highest BCUT2D eigenvalue weighted by Gasteiger charge is 2.33. The summed E-state index contributed by atoms with van der Waals surface area (Å²) in [5.74, 6) is -1.12. The lowest BCUT2D eigenvalue weighted by Crippen LogP contribution is -2.28. The zero-order valence-corrected chi connectivity index (χ0v) is 8.67. The molecule has 0 saturated heterocycles. The first-order valence-electron chi connectivity index (χ1n) is 4.08. The summed E-state index contributed by atoms with van der Waals surface area (Å²) in [6.45, 7) is 2.99. The van der Waals surface area contributed by atoms with Gasteiger partial charge in [0.2, 0.25) is 0 Å². The molecule has 3 nitrogen and oxygen atoms in total. The summed E-state index contributed by atoms with van der Waals surface area (Å²) in [6.07, 6.45) is 0. The van der Waals surface area contributed by atoms with Gasteiger partial charge in [-0.2, -0.15) is 0 Å². The largest absolute Gasteiger partial charge is 0.508 e. The van der Waals surface area contributed by atoms with Gasteiger partial charge in [0.1, 0.15) is 5.75 Å². The van der Waals surface area contributed by atoms with Gasteiger partial charge in [-0.25, -0.2) is 0 Å². The first-order chi connectivity index (χ1) is 6.37. The van der Waals surface area contributed by atoms with E-state index in [9.17, 15) is 9.90 Å². The summed E-state index contributed by atoms with van der Waals surface area (Å²) < 4.78 is 0. The van der Waals surface area contributed by atoms with Crippen LogP contribution in [0, 0.1) is 0 Å². The third kappa shape index (κ3) is 1.68. The molecule has 2 N–H and O–H groups in total. The van der Waals surface area contributed by atoms with Crippen LogP contribution in [-0.2, 0) is 10.2 Å². The van der Waals surface area contributed by atoms with E-state index in [2.05, 4.69) is 0 Å². The number of carboxylic acids is 1. The summed E-state index contributed by atoms with van der Waals surface area (Å²) in [5.41, 5.74) is -0.947. The number of hydrogen-bond acceptors (Lipinski definition) is 2. The SMILES string of the molecule is CC(C)(C(=O)O)c1c(O)cccc1Cl. The molecular formula is C10H11ClO3. The Kier molecular flexibility index (Phi) is 2.71. The molecule has 0 spiro atoms. The number of carboxylic acid groups (broad SMARTS) is 1. The average Bonchev–Trinajstić information content (AvgIpc) is 2.02. The quantitative estimate of drug-likeness (QED) is 0.795. The smallest absolute Gasteiger partial charge is 0.313 e. The van der Waals surface area contributed by atoms with Gasteiger partial charge in [-0.1, -0.05) is 17.7 Å². The lowest BCUT2D eigenvalue weighted by atomic mass is 9.84. The van der Waals surface area contributed by atoms with Crippen LogP contribution in [0.4, 0.5) is 0 Å². The van der Waals surface area contributed by atoms with E-state index >= 15 is 0 Å². The highest BCUT2D eigenvalue weighted by atomic mass is 35.5. The molecule has 0 bridgehead atoms. The Bertz CT molecular complexity index is 351. The minimum absolute atomic E-state index is 0.0927. The molecular weight excluding hydrogens is 204 g/mol. The van der Waals surface area contributed by atoms with Crippen molar-refractivity contribution < 1.29 is 15.0 Å². The maximum atomic E-state index is 11.0. The number of aromatic hydroxyl groups is 1. The van der Waals surface area contributed by atoms with Crippen LogP contribution in [0.2, 0.25) is 5.02 Å². The van der Waals surface area contributed by atoms with Crippen molar-refractivity contribution in [1.29, 1.82) is 0 Å². The summed E-state index contributed by atoms with van der Waals surface area (Å²) in [5, 5.41) is 18.8. The predicted molar refractivity (Wildman–Crippen MR) is 53.8 cm³/mol. The molecule has 0 atom stereocenters. The van der Waals surface area contributed by atoms with Crippen molar-refractivity contribution in [3.05, 3.63) is 28.8 Å². The molecule has 0 fully saturated rings. The second-order valence-electron chi connectivity index (χ2n) is 3.56. The summed E-state index contributed by atoms with van der Waals surface area (Å²) >= 11 is 5.83. The van der Waals surface area contributed by atoms with Crippen LogP contribution in [-0.4, -0.2) is 16.2 Å². The number of phenols is 1. The minimum atomic E-state index is -1.19. The molecule has 0 aliphatic heterocycles. The molecule has 76 valence electrons. The third-order valence-corrected chi connectivity index (χ3v) is 2.47. The third-order valence-electron chi connectivity index (χ3n) is 2.15. The van der Waals surface area contributed by atoms with Crippen molar-refractivity contribution in [2.75, 3.05) is 0 Å². The average molecular weight is 215 g/mol. The normalized spacial score (nSPS) is 11.4. The Balaban J connectivity index is 3.38. The van der Waals surface area contributed by atoms with Gasteiger partial charge in [-0.05, 0) is 26.0 Å². The molecule has 0 saturated carbocycles. The zero-order chi connectivity index (χ0) is 10.9. The van der Waals surface area contributed by atoms with E-state index in [1.807, 2.05) is 0 Å². The molecule has 1 aromatic rings. The van der Waals surface area contributed by atoms with Crippen molar-refractivity contribution in [2.24, 2.45) is 0 Å². The van der Waals surface area contributed by atoms with Crippen molar-refractivity contribution in [2.45, 2.75) is 19.3 Å². The van der Waals surface area contributed by atoms with Gasteiger partial charge < -0.3 is 10.2 Å². The number of benzene rings is 1. The molecule has 0 aliphatic carbocycles. The number of hydrogen-bond donors (Lipinski definition) is 2. The van der Waals surface area contributed by atoms with Crippen molar-refractivity contribution in [3.63, 3.8) is 0 Å². The van der Waals surface area contributed by atoms with E-state index in [4.69, 9.17) is 16.7 Å². The predicted octanol–water partition coefficient (Wildman–Crippen LogP) is 2.41. The van der Waals surface area contributed by atoms with E-state index in [0.29, 0.717) is 0 Å². The number of carbonyl (C=O) groups is 1. The van der Waals surface area contributed by atoms with Crippen LogP contribution >= 0.6 is 11.6 Å². The minimum Gasteiger partial charge on any atom is -0.508 e. The van der Waals surface area contributed by atoms with Crippen LogP contribution in [0.5, 0.6) is 5.75 Å². The van der Waals surface area contributed by atoms with Crippen LogP contribution in [0.15, 0.2) is 18.2 Å². The Morgan fingerprint density at radius 2 is 2.00 bits per heavy atom. The molecule has 1 aromatic carbocycles. The fourth-order valence-corrected chi connectivity index (χ4v) is 1.64. The van der Waals surface area contributed by atoms with E-state index in [1.165, 1.54) is 19.9 Å². The van der Waals surface area contributed by atoms with Gasteiger partial charge in [0.15, 0.2) is 0 Å². The Morgan fingerprint density at radius 1 is 1.43 bits per heavy atom. The van der Waals surface area contributed by atoms with Gasteiger partial charge in [-0.15, -0.1) is 0 Å². The standard InChI is InChI=1S/C10H11ClO3/c1-10(2,9(13)14)8-6(11)4-3-5-7(8)12/h3-5,12H,1-2H3,(H,13,14). The maximum Gasteiger partial charge on any atom is 0.313 e. The number of halogens is 1. The second kappa shape index (κ2) is 3.50. The topological polar surface area (TPSA) is 57.5 Å².